The van der Waals surface area contributed by atoms with Crippen molar-refractivity contribution in [1.82, 2.24) is 9.97 Å². The smallest absolute Gasteiger partial charge is 0.352 e. The number of fused-ring (bicyclic) bond motifs is 2. The molecule has 2 aromatic carbocycles. The van der Waals surface area contributed by atoms with Crippen LogP contribution in [-0.2, 0) is 6.42 Å². The molecule has 0 amide bonds. The highest BCUT2D eigenvalue weighted by Crippen LogP contribution is 2.20. The van der Waals surface area contributed by atoms with E-state index in [1.54, 1.807) is 12.1 Å². The van der Waals surface area contributed by atoms with Crippen LogP contribution < -0.4 is 22.3 Å². The predicted octanol–water partition coefficient (Wildman–Crippen LogP) is 2.07. The molecule has 2 aromatic heterocycles. The lowest BCUT2D eigenvalue weighted by molar-refractivity contribution is 0.0680. The van der Waals surface area contributed by atoms with Gasteiger partial charge in [0.25, 0.3) is 0 Å². The Balaban J connectivity index is 0.000000196. The highest BCUT2D eigenvalue weighted by atomic mass is 19.1. The van der Waals surface area contributed by atoms with Gasteiger partial charge in [-0.3, -0.25) is 9.59 Å². The Morgan fingerprint density at radius 1 is 0.882 bits per heavy atom. The van der Waals surface area contributed by atoms with E-state index in [1.807, 2.05) is 0 Å². The summed E-state index contributed by atoms with van der Waals surface area (Å²) >= 11 is 0. The molecule has 0 saturated heterocycles. The molecule has 4 rings (SSSR count). The van der Waals surface area contributed by atoms with Crippen LogP contribution in [0.3, 0.4) is 0 Å². The van der Waals surface area contributed by atoms with E-state index in [0.717, 1.165) is 36.6 Å². The molecule has 0 aliphatic rings. The maximum atomic E-state index is 13.2. The van der Waals surface area contributed by atoms with E-state index in [2.05, 4.69) is 9.97 Å². The number of hydrogen-bond donors (Lipinski definition) is 6. The number of nitrogens with two attached hydrogens (primary N) is 2. The second-order valence-corrected chi connectivity index (χ2v) is 7.37. The van der Waals surface area contributed by atoms with Gasteiger partial charge in [-0.25, -0.2) is 14.0 Å². The number of aryl methyl sites for hydroxylation is 1. The number of carbonyl (C=O) groups is 2. The van der Waals surface area contributed by atoms with Gasteiger partial charge < -0.3 is 31.6 Å². The van der Waals surface area contributed by atoms with E-state index in [-0.39, 0.29) is 27.7 Å². The molecule has 10 nitrogen and oxygen atoms in total. The molecule has 0 aliphatic carbocycles. The second-order valence-electron chi connectivity index (χ2n) is 7.37. The highest BCUT2D eigenvalue weighted by molar-refractivity contribution is 5.94. The van der Waals surface area contributed by atoms with Crippen molar-refractivity contribution < 1.29 is 24.2 Å². The minimum Gasteiger partial charge on any atom is -0.477 e. The number of para-hydroxylation sites is 1. The SMILES string of the molecule is NCCCc1cc(N)c2[nH]c(C(=O)O)cc(=O)c2c1.O=C(O)c1cc(=O)c2cccc(F)c2[nH]1. The Kier molecular flexibility index (Phi) is 7.07. The van der Waals surface area contributed by atoms with Crippen molar-refractivity contribution >= 4 is 39.4 Å². The fraction of sp³-hybridized carbons (Fsp3) is 0.130. The Morgan fingerprint density at radius 2 is 1.47 bits per heavy atom. The molecule has 0 saturated carbocycles. The lowest BCUT2D eigenvalue weighted by atomic mass is 10.0. The molecule has 0 bridgehead atoms. The number of aromatic amines is 2. The van der Waals surface area contributed by atoms with Gasteiger partial charge in [0.05, 0.1) is 16.7 Å². The largest absolute Gasteiger partial charge is 0.477 e. The van der Waals surface area contributed by atoms with Crippen LogP contribution >= 0.6 is 0 Å². The van der Waals surface area contributed by atoms with Gasteiger partial charge in [-0.1, -0.05) is 6.07 Å². The number of halogens is 1. The first-order valence-electron chi connectivity index (χ1n) is 10.1. The highest BCUT2D eigenvalue weighted by Gasteiger charge is 2.11. The Hall–Kier alpha value is -4.51. The maximum Gasteiger partial charge on any atom is 0.352 e. The van der Waals surface area contributed by atoms with Crippen LogP contribution in [0.5, 0.6) is 0 Å². The van der Waals surface area contributed by atoms with Crippen molar-refractivity contribution in [3.05, 3.63) is 85.7 Å². The Morgan fingerprint density at radius 3 is 2.06 bits per heavy atom. The van der Waals surface area contributed by atoms with Crippen LogP contribution in [0.15, 0.2) is 52.1 Å². The topological polar surface area (TPSA) is 192 Å². The molecule has 2 heterocycles. The van der Waals surface area contributed by atoms with Gasteiger partial charge in [-0.05, 0) is 49.2 Å². The van der Waals surface area contributed by atoms with Gasteiger partial charge >= 0.3 is 11.9 Å². The summed E-state index contributed by atoms with van der Waals surface area (Å²) < 4.78 is 13.2. The molecular formula is C23H21FN4O6. The van der Waals surface area contributed by atoms with Crippen LogP contribution in [0.25, 0.3) is 21.8 Å². The van der Waals surface area contributed by atoms with E-state index in [0.29, 0.717) is 23.1 Å². The molecule has 34 heavy (non-hydrogen) atoms. The normalized spacial score (nSPS) is 10.6. The number of carboxylic acids is 2. The van der Waals surface area contributed by atoms with Crippen molar-refractivity contribution in [2.75, 3.05) is 12.3 Å². The number of nitrogen functional groups attached to an aromatic ring is 1. The minimum absolute atomic E-state index is 0.0811. The average molecular weight is 468 g/mol. The number of H-pyrrole nitrogens is 2. The van der Waals surface area contributed by atoms with Crippen molar-refractivity contribution in [3.8, 4) is 0 Å². The zero-order valence-corrected chi connectivity index (χ0v) is 17.7. The minimum atomic E-state index is -1.29. The first-order valence-corrected chi connectivity index (χ1v) is 10.1. The number of aromatic carboxylic acids is 2. The number of aromatic nitrogens is 2. The molecule has 0 fully saturated rings. The predicted molar refractivity (Wildman–Crippen MR) is 125 cm³/mol. The molecule has 176 valence electrons. The fourth-order valence-corrected chi connectivity index (χ4v) is 3.36. The molecule has 0 atom stereocenters. The average Bonchev–Trinajstić information content (AvgIpc) is 2.79. The first-order chi connectivity index (χ1) is 16.1. The zero-order chi connectivity index (χ0) is 25.0. The Labute approximate surface area is 190 Å². The van der Waals surface area contributed by atoms with Gasteiger partial charge in [-0.2, -0.15) is 0 Å². The van der Waals surface area contributed by atoms with E-state index in [1.165, 1.54) is 12.1 Å². The molecule has 0 unspecified atom stereocenters. The summed E-state index contributed by atoms with van der Waals surface area (Å²) in [6, 6.07) is 9.45. The zero-order valence-electron chi connectivity index (χ0n) is 17.7. The number of benzene rings is 2. The third-order valence-electron chi connectivity index (χ3n) is 4.97. The van der Waals surface area contributed by atoms with Gasteiger partial charge in [0.2, 0.25) is 0 Å². The monoisotopic (exact) mass is 468 g/mol. The molecule has 8 N–H and O–H groups in total. The Bertz CT molecular complexity index is 1530. The summed E-state index contributed by atoms with van der Waals surface area (Å²) in [5.74, 6) is -3.13. The van der Waals surface area contributed by atoms with Gasteiger partial charge in [0.15, 0.2) is 10.9 Å². The van der Waals surface area contributed by atoms with E-state index in [9.17, 15) is 23.6 Å². The first kappa shape index (κ1) is 24.1. The molecule has 0 aliphatic heterocycles. The summed E-state index contributed by atoms with van der Waals surface area (Å²) in [5, 5.41) is 18.1. The second kappa shape index (κ2) is 9.96. The summed E-state index contributed by atoms with van der Waals surface area (Å²) in [5.41, 5.74) is 11.5. The van der Waals surface area contributed by atoms with Crippen LogP contribution in [0, 0.1) is 5.82 Å². The van der Waals surface area contributed by atoms with E-state index >= 15 is 0 Å². The van der Waals surface area contributed by atoms with E-state index < -0.39 is 23.2 Å². The fourth-order valence-electron chi connectivity index (χ4n) is 3.36. The number of anilines is 1. The molecule has 11 heteroatoms. The molecule has 4 aromatic rings. The van der Waals surface area contributed by atoms with Gasteiger partial charge in [-0.15, -0.1) is 0 Å². The molecular weight excluding hydrogens is 447 g/mol. The lowest BCUT2D eigenvalue weighted by Crippen LogP contribution is -2.11. The van der Waals surface area contributed by atoms with Crippen molar-refractivity contribution in [2.45, 2.75) is 12.8 Å². The van der Waals surface area contributed by atoms with Crippen molar-refractivity contribution in [1.29, 1.82) is 0 Å². The summed E-state index contributed by atoms with van der Waals surface area (Å²) in [6.45, 7) is 0.562. The van der Waals surface area contributed by atoms with Crippen LogP contribution in [0.4, 0.5) is 10.1 Å². The van der Waals surface area contributed by atoms with Crippen LogP contribution in [0.1, 0.15) is 33.0 Å². The number of nitrogens with one attached hydrogen (secondary N) is 2. The summed E-state index contributed by atoms with van der Waals surface area (Å²) in [6.07, 6.45) is 1.53. The summed E-state index contributed by atoms with van der Waals surface area (Å²) in [4.78, 5) is 49.9. The number of rotatable bonds is 5. The molecule has 0 spiro atoms. The molecule has 0 radical (unpaired) electrons. The lowest BCUT2D eigenvalue weighted by Gasteiger charge is -2.07. The number of carboxylic acid groups (broad SMARTS) is 2. The van der Waals surface area contributed by atoms with Crippen LogP contribution in [-0.4, -0.2) is 38.7 Å². The van der Waals surface area contributed by atoms with Crippen LogP contribution in [0.2, 0.25) is 0 Å². The number of pyridine rings is 2. The third-order valence-corrected chi connectivity index (χ3v) is 4.97. The van der Waals surface area contributed by atoms with Gasteiger partial charge in [0, 0.05) is 22.9 Å². The van der Waals surface area contributed by atoms with Gasteiger partial charge in [0.1, 0.15) is 17.2 Å². The van der Waals surface area contributed by atoms with E-state index in [4.69, 9.17) is 21.7 Å². The quantitative estimate of drug-likeness (QED) is 0.240. The standard InChI is InChI=1S/C13H15N3O3.C10H6FNO3/c14-3-1-2-7-4-8-11(17)6-10(13(18)19)16-12(8)9(15)5-7;11-6-3-1-2-5-8(13)4-7(10(14)15)12-9(5)6/h4-6H,1-3,14-15H2,(H,16,17)(H,18,19);1-4H,(H,12,13)(H,14,15). The third kappa shape index (κ3) is 5.10. The van der Waals surface area contributed by atoms with Crippen molar-refractivity contribution in [3.63, 3.8) is 0 Å². The summed E-state index contributed by atoms with van der Waals surface area (Å²) in [7, 11) is 0. The number of hydrogen-bond acceptors (Lipinski definition) is 6. The van der Waals surface area contributed by atoms with Crippen molar-refractivity contribution in [2.24, 2.45) is 5.73 Å². The maximum absolute atomic E-state index is 13.2.